The Morgan fingerprint density at radius 1 is 1.47 bits per heavy atom. The van der Waals surface area contributed by atoms with Crippen LogP contribution in [0.5, 0.6) is 0 Å². The highest BCUT2D eigenvalue weighted by Gasteiger charge is 2.13. The second-order valence-electron chi connectivity index (χ2n) is 3.52. The van der Waals surface area contributed by atoms with Gasteiger partial charge in [-0.3, -0.25) is 0 Å². The molecule has 0 saturated carbocycles. The molecule has 1 aromatic rings. The molecule has 0 bridgehead atoms. The van der Waals surface area contributed by atoms with E-state index in [0.717, 1.165) is 11.6 Å². The maximum absolute atomic E-state index is 6.00. The molecule has 2 rings (SSSR count). The van der Waals surface area contributed by atoms with Gasteiger partial charge < -0.3 is 5.32 Å². The van der Waals surface area contributed by atoms with Gasteiger partial charge in [0, 0.05) is 22.5 Å². The van der Waals surface area contributed by atoms with E-state index in [9.17, 15) is 0 Å². The van der Waals surface area contributed by atoms with Crippen LogP contribution >= 0.6 is 35.8 Å². The third-order valence-corrected chi connectivity index (χ3v) is 3.97. The summed E-state index contributed by atoms with van der Waals surface area (Å²) in [5, 5.41) is 4.82. The third kappa shape index (κ3) is 3.20. The van der Waals surface area contributed by atoms with Crippen LogP contribution in [0.15, 0.2) is 18.2 Å². The highest BCUT2D eigenvalue weighted by molar-refractivity contribution is 7.99. The highest BCUT2D eigenvalue weighted by Crippen LogP contribution is 2.36. The minimum atomic E-state index is 0. The number of hydrogen-bond donors (Lipinski definition) is 1. The number of fused-ring (bicyclic) bond motifs is 1. The molecule has 1 aliphatic rings. The van der Waals surface area contributed by atoms with Crippen molar-refractivity contribution < 1.29 is 0 Å². The van der Waals surface area contributed by atoms with E-state index in [1.165, 1.54) is 23.4 Å². The van der Waals surface area contributed by atoms with Crippen LogP contribution in [0.2, 0.25) is 5.02 Å². The molecule has 0 aliphatic carbocycles. The molecule has 1 nitrogen and oxygen atoms in total. The molecular formula is C11H15Cl2NS. The quantitative estimate of drug-likeness (QED) is 0.746. The molecule has 1 aliphatic heterocycles. The number of thioether (sulfide) groups is 1. The Kier molecular flexibility index (Phi) is 5.10. The van der Waals surface area contributed by atoms with Gasteiger partial charge in [-0.25, -0.2) is 0 Å². The van der Waals surface area contributed by atoms with Crippen LogP contribution in [0.25, 0.3) is 0 Å². The van der Waals surface area contributed by atoms with Crippen molar-refractivity contribution in [3.05, 3.63) is 28.8 Å². The molecular weight excluding hydrogens is 249 g/mol. The second kappa shape index (κ2) is 5.88. The van der Waals surface area contributed by atoms with E-state index in [1.54, 1.807) is 0 Å². The fourth-order valence-electron chi connectivity index (χ4n) is 1.68. The number of nitrogens with one attached hydrogen (secondary N) is 1. The average Bonchev–Trinajstić information content (AvgIpc) is 2.16. The zero-order valence-electron chi connectivity index (χ0n) is 8.63. The first-order valence-corrected chi connectivity index (χ1v) is 6.35. The Bertz CT molecular complexity index is 330. The van der Waals surface area contributed by atoms with Crippen LogP contribution in [0.3, 0.4) is 0 Å². The zero-order valence-corrected chi connectivity index (χ0v) is 11.0. The Morgan fingerprint density at radius 3 is 3.07 bits per heavy atom. The van der Waals surface area contributed by atoms with E-state index >= 15 is 0 Å². The number of rotatable bonds is 0. The molecule has 1 N–H and O–H groups in total. The summed E-state index contributed by atoms with van der Waals surface area (Å²) in [4.78, 5) is 0. The topological polar surface area (TPSA) is 12.0 Å². The van der Waals surface area contributed by atoms with Gasteiger partial charge in [-0.05, 0) is 42.9 Å². The molecule has 1 aromatic carbocycles. The van der Waals surface area contributed by atoms with Crippen molar-refractivity contribution in [1.29, 1.82) is 0 Å². The fourth-order valence-corrected chi connectivity index (χ4v) is 2.90. The lowest BCUT2D eigenvalue weighted by molar-refractivity contribution is 0.957. The zero-order chi connectivity index (χ0) is 9.97. The summed E-state index contributed by atoms with van der Waals surface area (Å²) < 4.78 is 0. The summed E-state index contributed by atoms with van der Waals surface area (Å²) in [6, 6.07) is 6.11. The maximum Gasteiger partial charge on any atom is 0.0410 e. The molecule has 0 amide bonds. The van der Waals surface area contributed by atoms with Gasteiger partial charge in [-0.2, -0.15) is 11.8 Å². The van der Waals surface area contributed by atoms with Crippen molar-refractivity contribution in [3.63, 3.8) is 0 Å². The predicted octanol–water partition coefficient (Wildman–Crippen LogP) is 4.37. The second-order valence-corrected chi connectivity index (χ2v) is 5.41. The molecule has 1 atom stereocenters. The monoisotopic (exact) mass is 263 g/mol. The number of halogens is 2. The highest BCUT2D eigenvalue weighted by atomic mass is 35.5. The van der Waals surface area contributed by atoms with E-state index in [0.29, 0.717) is 5.25 Å². The van der Waals surface area contributed by atoms with Gasteiger partial charge in [0.2, 0.25) is 0 Å². The van der Waals surface area contributed by atoms with Crippen LogP contribution in [0.4, 0.5) is 5.69 Å². The van der Waals surface area contributed by atoms with Gasteiger partial charge >= 0.3 is 0 Å². The standard InChI is InChI=1S/C11H14ClNS.ClH/c1-8-10-7-9(12)3-4-11(10)13-5-2-6-14-8;/h3-4,7-8,13H,2,5-6H2,1H3;1H. The first-order chi connectivity index (χ1) is 6.77. The number of benzene rings is 1. The Morgan fingerprint density at radius 2 is 2.27 bits per heavy atom. The molecule has 4 heteroatoms. The molecule has 0 radical (unpaired) electrons. The first-order valence-electron chi connectivity index (χ1n) is 4.92. The van der Waals surface area contributed by atoms with E-state index < -0.39 is 0 Å². The summed E-state index contributed by atoms with van der Waals surface area (Å²) in [5.41, 5.74) is 2.58. The summed E-state index contributed by atoms with van der Waals surface area (Å²) in [5.74, 6) is 1.22. The fraction of sp³-hybridized carbons (Fsp3) is 0.455. The summed E-state index contributed by atoms with van der Waals surface area (Å²) in [7, 11) is 0. The van der Waals surface area contributed by atoms with Crippen molar-refractivity contribution >= 4 is 41.5 Å². The Labute approximate surface area is 106 Å². The predicted molar refractivity (Wildman–Crippen MR) is 72.7 cm³/mol. The van der Waals surface area contributed by atoms with Crippen LogP contribution in [0, 0.1) is 0 Å². The van der Waals surface area contributed by atoms with Crippen LogP contribution in [-0.4, -0.2) is 12.3 Å². The van der Waals surface area contributed by atoms with Crippen molar-refractivity contribution in [2.45, 2.75) is 18.6 Å². The van der Waals surface area contributed by atoms with E-state index in [2.05, 4.69) is 24.4 Å². The molecule has 0 fully saturated rings. The van der Waals surface area contributed by atoms with Gasteiger partial charge in [-0.15, -0.1) is 12.4 Å². The third-order valence-electron chi connectivity index (χ3n) is 2.46. The Hall–Kier alpha value is -0.0500. The largest absolute Gasteiger partial charge is 0.385 e. The van der Waals surface area contributed by atoms with Gasteiger partial charge in [0.25, 0.3) is 0 Å². The lowest BCUT2D eigenvalue weighted by Crippen LogP contribution is -2.09. The SMILES string of the molecule is CC1SCCCNc2ccc(Cl)cc21.Cl. The van der Waals surface area contributed by atoms with Crippen LogP contribution in [-0.2, 0) is 0 Å². The van der Waals surface area contributed by atoms with Gasteiger partial charge in [0.1, 0.15) is 0 Å². The van der Waals surface area contributed by atoms with E-state index in [-0.39, 0.29) is 12.4 Å². The average molecular weight is 264 g/mol. The molecule has 84 valence electrons. The number of hydrogen-bond acceptors (Lipinski definition) is 2. The van der Waals surface area contributed by atoms with Crippen molar-refractivity contribution in [2.75, 3.05) is 17.6 Å². The maximum atomic E-state index is 6.00. The Balaban J connectivity index is 0.00000112. The van der Waals surface area contributed by atoms with Crippen LogP contribution < -0.4 is 5.32 Å². The van der Waals surface area contributed by atoms with Crippen molar-refractivity contribution in [3.8, 4) is 0 Å². The van der Waals surface area contributed by atoms with E-state index in [4.69, 9.17) is 11.6 Å². The lowest BCUT2D eigenvalue weighted by atomic mass is 10.1. The smallest absolute Gasteiger partial charge is 0.0410 e. The first kappa shape index (κ1) is 13.0. The molecule has 15 heavy (non-hydrogen) atoms. The van der Waals surface area contributed by atoms with Crippen molar-refractivity contribution in [2.24, 2.45) is 0 Å². The molecule has 1 unspecified atom stereocenters. The minimum Gasteiger partial charge on any atom is -0.385 e. The molecule has 1 heterocycles. The molecule has 0 spiro atoms. The summed E-state index contributed by atoms with van der Waals surface area (Å²) in [6.45, 7) is 3.31. The van der Waals surface area contributed by atoms with E-state index in [1.807, 2.05) is 17.8 Å². The van der Waals surface area contributed by atoms with Crippen LogP contribution in [0.1, 0.15) is 24.2 Å². The summed E-state index contributed by atoms with van der Waals surface area (Å²) in [6.07, 6.45) is 1.23. The van der Waals surface area contributed by atoms with Gasteiger partial charge in [0.05, 0.1) is 0 Å². The normalized spacial score (nSPS) is 20.3. The summed E-state index contributed by atoms with van der Waals surface area (Å²) >= 11 is 8.00. The minimum absolute atomic E-state index is 0. The molecule has 0 aromatic heterocycles. The molecule has 0 saturated heterocycles. The van der Waals surface area contributed by atoms with Gasteiger partial charge in [0.15, 0.2) is 0 Å². The van der Waals surface area contributed by atoms with Gasteiger partial charge in [-0.1, -0.05) is 11.6 Å². The number of anilines is 1. The van der Waals surface area contributed by atoms with Crippen molar-refractivity contribution in [1.82, 2.24) is 0 Å². The lowest BCUT2D eigenvalue weighted by Gasteiger charge is -2.21.